The molecule has 0 amide bonds. The number of nitrogens with one attached hydrogen (secondary N) is 1. The minimum absolute atomic E-state index is 0.378. The third-order valence-corrected chi connectivity index (χ3v) is 6.88. The van der Waals surface area contributed by atoms with Gasteiger partial charge in [0.25, 0.3) is 0 Å². The molecule has 1 saturated carbocycles. The van der Waals surface area contributed by atoms with Crippen LogP contribution in [-0.2, 0) is 9.84 Å². The van der Waals surface area contributed by atoms with Crippen molar-refractivity contribution in [3.05, 3.63) is 0 Å². The molecule has 0 aromatic carbocycles. The van der Waals surface area contributed by atoms with Gasteiger partial charge in [0.05, 0.1) is 11.5 Å². The molecule has 5 heteroatoms. The maximum Gasteiger partial charge on any atom is 0.150 e. The third-order valence-electron chi connectivity index (χ3n) is 3.84. The zero-order chi connectivity index (χ0) is 12.3. The Kier molecular flexibility index (Phi) is 4.78. The van der Waals surface area contributed by atoms with E-state index in [1.165, 1.54) is 25.0 Å². The Balaban J connectivity index is 1.81. The van der Waals surface area contributed by atoms with Crippen LogP contribution in [0, 0.1) is 0 Å². The summed E-state index contributed by atoms with van der Waals surface area (Å²) in [5.74, 6) is 1.94. The lowest BCUT2D eigenvalue weighted by atomic mass is 10.1. The van der Waals surface area contributed by atoms with Crippen molar-refractivity contribution in [2.24, 2.45) is 0 Å². The van der Waals surface area contributed by atoms with E-state index in [4.69, 9.17) is 0 Å². The van der Waals surface area contributed by atoms with Gasteiger partial charge in [-0.15, -0.1) is 0 Å². The van der Waals surface area contributed by atoms with Crippen LogP contribution >= 0.6 is 11.8 Å². The van der Waals surface area contributed by atoms with Crippen molar-refractivity contribution in [1.29, 1.82) is 0 Å². The summed E-state index contributed by atoms with van der Waals surface area (Å²) in [5.41, 5.74) is 0. The summed E-state index contributed by atoms with van der Waals surface area (Å²) in [6.45, 7) is 2.22. The molecule has 1 aliphatic heterocycles. The molecule has 0 spiro atoms. The minimum atomic E-state index is -2.72. The molecule has 1 aliphatic carbocycles. The second kappa shape index (κ2) is 5.93. The number of rotatable bonds is 4. The Labute approximate surface area is 109 Å². The molecule has 2 unspecified atom stereocenters. The number of thioether (sulfide) groups is 1. The maximum absolute atomic E-state index is 11.4. The summed E-state index contributed by atoms with van der Waals surface area (Å²) in [5, 5.41) is 4.45. The van der Waals surface area contributed by atoms with Crippen molar-refractivity contribution in [2.75, 3.05) is 17.3 Å². The van der Waals surface area contributed by atoms with Gasteiger partial charge in [-0.25, -0.2) is 8.42 Å². The van der Waals surface area contributed by atoms with Gasteiger partial charge in [0.15, 0.2) is 0 Å². The number of hydrogen-bond acceptors (Lipinski definition) is 4. The highest BCUT2D eigenvalue weighted by Gasteiger charge is 2.31. The predicted molar refractivity (Wildman–Crippen MR) is 74.4 cm³/mol. The highest BCUT2D eigenvalue weighted by Crippen LogP contribution is 2.30. The van der Waals surface area contributed by atoms with Gasteiger partial charge in [-0.3, -0.25) is 0 Å². The van der Waals surface area contributed by atoms with Gasteiger partial charge in [-0.05, 0) is 31.4 Å². The number of hydrogen-bond donors (Lipinski definition) is 1. The molecule has 0 aromatic heterocycles. The third kappa shape index (κ3) is 3.86. The van der Waals surface area contributed by atoms with Crippen LogP contribution < -0.4 is 5.32 Å². The molecule has 2 rings (SSSR count). The molecule has 2 atom stereocenters. The van der Waals surface area contributed by atoms with Gasteiger partial charge in [0.2, 0.25) is 0 Å². The van der Waals surface area contributed by atoms with E-state index in [9.17, 15) is 8.42 Å². The number of sulfone groups is 1. The molecule has 3 nitrogen and oxygen atoms in total. The molecule has 1 heterocycles. The average Bonchev–Trinajstić information content (AvgIpc) is 2.70. The highest BCUT2D eigenvalue weighted by atomic mass is 32.2. The van der Waals surface area contributed by atoms with Crippen molar-refractivity contribution in [2.45, 2.75) is 56.4 Å². The van der Waals surface area contributed by atoms with Crippen molar-refractivity contribution >= 4 is 21.6 Å². The second-order valence-electron chi connectivity index (χ2n) is 5.12. The topological polar surface area (TPSA) is 46.2 Å². The van der Waals surface area contributed by atoms with Gasteiger partial charge < -0.3 is 5.32 Å². The first kappa shape index (κ1) is 13.7. The first-order chi connectivity index (χ1) is 8.11. The maximum atomic E-state index is 11.4. The van der Waals surface area contributed by atoms with Crippen LogP contribution in [0.2, 0.25) is 0 Å². The molecule has 0 aromatic rings. The first-order valence-corrected chi connectivity index (χ1v) is 9.56. The Hall–Kier alpha value is 0.260. The van der Waals surface area contributed by atoms with E-state index in [0.29, 0.717) is 23.6 Å². The van der Waals surface area contributed by atoms with Crippen LogP contribution in [0.4, 0.5) is 0 Å². The van der Waals surface area contributed by atoms with Gasteiger partial charge in [0.1, 0.15) is 9.84 Å². The molecular weight excluding hydrogens is 254 g/mol. The summed E-state index contributed by atoms with van der Waals surface area (Å²) in [6, 6.07) is 1.05. The van der Waals surface area contributed by atoms with Crippen LogP contribution in [0.1, 0.15) is 39.0 Å². The summed E-state index contributed by atoms with van der Waals surface area (Å²) >= 11 is 2.05. The van der Waals surface area contributed by atoms with E-state index in [2.05, 4.69) is 24.0 Å². The first-order valence-electron chi connectivity index (χ1n) is 6.69. The average molecular weight is 277 g/mol. The quantitative estimate of drug-likeness (QED) is 0.851. The zero-order valence-electron chi connectivity index (χ0n) is 10.5. The molecule has 2 fully saturated rings. The monoisotopic (exact) mass is 277 g/mol. The second-order valence-corrected chi connectivity index (χ2v) is 8.94. The summed E-state index contributed by atoms with van der Waals surface area (Å²) in [6.07, 6.45) is 5.52. The Morgan fingerprint density at radius 2 is 1.88 bits per heavy atom. The van der Waals surface area contributed by atoms with Crippen molar-refractivity contribution in [1.82, 2.24) is 5.32 Å². The molecule has 0 bridgehead atoms. The standard InChI is InChI=1S/C12H23NO2S2/c1-2-16-12-5-3-4-11(12)13-10-6-8-17(14,15)9-7-10/h10-13H,2-9H2,1H3. The van der Waals surface area contributed by atoms with Gasteiger partial charge in [-0.2, -0.15) is 11.8 Å². The van der Waals surface area contributed by atoms with Crippen LogP contribution in [-0.4, -0.2) is 43.0 Å². The van der Waals surface area contributed by atoms with Crippen molar-refractivity contribution in [3.8, 4) is 0 Å². The van der Waals surface area contributed by atoms with Crippen LogP contribution in [0.3, 0.4) is 0 Å². The molecule has 100 valence electrons. The fourth-order valence-electron chi connectivity index (χ4n) is 2.89. The smallest absolute Gasteiger partial charge is 0.150 e. The van der Waals surface area contributed by atoms with E-state index in [1.807, 2.05) is 0 Å². The van der Waals surface area contributed by atoms with Crippen LogP contribution in [0.5, 0.6) is 0 Å². The highest BCUT2D eigenvalue weighted by molar-refractivity contribution is 7.99. The van der Waals surface area contributed by atoms with E-state index in [-0.39, 0.29) is 0 Å². The molecule has 1 saturated heterocycles. The van der Waals surface area contributed by atoms with Crippen molar-refractivity contribution in [3.63, 3.8) is 0 Å². The molecule has 1 N–H and O–H groups in total. The van der Waals surface area contributed by atoms with Crippen molar-refractivity contribution < 1.29 is 8.42 Å². The normalized spacial score (nSPS) is 33.9. The largest absolute Gasteiger partial charge is 0.310 e. The Bertz CT molecular complexity index is 328. The predicted octanol–water partition coefficient (Wildman–Crippen LogP) is 1.83. The van der Waals surface area contributed by atoms with E-state index >= 15 is 0 Å². The Morgan fingerprint density at radius 1 is 1.18 bits per heavy atom. The minimum Gasteiger partial charge on any atom is -0.310 e. The van der Waals surface area contributed by atoms with E-state index < -0.39 is 9.84 Å². The molecular formula is C12H23NO2S2. The molecule has 2 aliphatic rings. The fraction of sp³-hybridized carbons (Fsp3) is 1.00. The molecule has 17 heavy (non-hydrogen) atoms. The Morgan fingerprint density at radius 3 is 2.53 bits per heavy atom. The van der Waals surface area contributed by atoms with E-state index in [1.54, 1.807) is 0 Å². The summed E-state index contributed by atoms with van der Waals surface area (Å²) < 4.78 is 22.7. The van der Waals surface area contributed by atoms with E-state index in [0.717, 1.165) is 18.1 Å². The summed E-state index contributed by atoms with van der Waals surface area (Å²) in [4.78, 5) is 0. The summed E-state index contributed by atoms with van der Waals surface area (Å²) in [7, 11) is -2.72. The zero-order valence-corrected chi connectivity index (χ0v) is 12.2. The SMILES string of the molecule is CCSC1CCCC1NC1CCS(=O)(=O)CC1. The van der Waals surface area contributed by atoms with Crippen LogP contribution in [0.25, 0.3) is 0 Å². The van der Waals surface area contributed by atoms with Gasteiger partial charge in [-0.1, -0.05) is 13.3 Å². The fourth-order valence-corrected chi connectivity index (χ4v) is 5.59. The van der Waals surface area contributed by atoms with Gasteiger partial charge in [0, 0.05) is 17.3 Å². The van der Waals surface area contributed by atoms with Crippen LogP contribution in [0.15, 0.2) is 0 Å². The lowest BCUT2D eigenvalue weighted by Gasteiger charge is -2.29. The lowest BCUT2D eigenvalue weighted by molar-refractivity contribution is 0.405. The lowest BCUT2D eigenvalue weighted by Crippen LogP contribution is -2.45. The molecule has 0 radical (unpaired) electrons. The van der Waals surface area contributed by atoms with Gasteiger partial charge >= 0.3 is 0 Å².